The number of hydrogen-bond acceptors (Lipinski definition) is 3. The van der Waals surface area contributed by atoms with E-state index >= 15 is 0 Å². The van der Waals surface area contributed by atoms with Crippen LogP contribution in [-0.2, 0) is 11.2 Å². The number of halogens is 5. The van der Waals surface area contributed by atoms with Crippen LogP contribution in [0.3, 0.4) is 0 Å². The molecule has 3 nitrogen and oxygen atoms in total. The lowest BCUT2D eigenvalue weighted by atomic mass is 9.66. The number of ether oxygens (including phenoxy) is 1. The van der Waals surface area contributed by atoms with Gasteiger partial charge in [-0.15, -0.1) is 0 Å². The van der Waals surface area contributed by atoms with Crippen molar-refractivity contribution < 1.29 is 27.4 Å². The molecule has 0 bridgehead atoms. The van der Waals surface area contributed by atoms with Crippen LogP contribution in [0.1, 0.15) is 38.7 Å². The fourth-order valence-corrected chi connectivity index (χ4v) is 3.93. The molecule has 0 aromatic carbocycles. The van der Waals surface area contributed by atoms with Gasteiger partial charge >= 0.3 is 6.18 Å². The highest BCUT2D eigenvalue weighted by Crippen LogP contribution is 2.48. The van der Waals surface area contributed by atoms with Crippen LogP contribution in [0.4, 0.5) is 17.6 Å². The molecule has 1 aliphatic rings. The molecule has 0 fully saturated rings. The Kier molecular flexibility index (Phi) is 6.59. The summed E-state index contributed by atoms with van der Waals surface area (Å²) in [4.78, 5) is 3.77. The van der Waals surface area contributed by atoms with E-state index in [4.69, 9.17) is 16.3 Å². The third kappa shape index (κ3) is 5.21. The van der Waals surface area contributed by atoms with Crippen molar-refractivity contribution in [3.05, 3.63) is 40.9 Å². The zero-order valence-corrected chi connectivity index (χ0v) is 16.2. The van der Waals surface area contributed by atoms with Crippen LogP contribution in [0, 0.1) is 11.3 Å². The SMILES string of the molecule is COC1CCC(F)=CC1C(C)(C)CC(O)(Cc1ccc(Cl)nc1)C(F)(F)F. The summed E-state index contributed by atoms with van der Waals surface area (Å²) in [5.74, 6) is -0.952. The highest BCUT2D eigenvalue weighted by Gasteiger charge is 2.57. The first-order chi connectivity index (χ1) is 12.4. The van der Waals surface area contributed by atoms with E-state index in [0.29, 0.717) is 6.42 Å². The van der Waals surface area contributed by atoms with Gasteiger partial charge in [0.05, 0.1) is 11.9 Å². The first kappa shape index (κ1) is 22.1. The van der Waals surface area contributed by atoms with E-state index < -0.39 is 42.1 Å². The van der Waals surface area contributed by atoms with Gasteiger partial charge in [-0.25, -0.2) is 9.37 Å². The van der Waals surface area contributed by atoms with Gasteiger partial charge in [-0.3, -0.25) is 0 Å². The Balaban J connectivity index is 2.33. The minimum absolute atomic E-state index is 0.153. The molecular weight excluding hydrogens is 386 g/mol. The number of hydrogen-bond donors (Lipinski definition) is 1. The molecule has 8 heteroatoms. The van der Waals surface area contributed by atoms with E-state index in [0.717, 1.165) is 0 Å². The van der Waals surface area contributed by atoms with Gasteiger partial charge in [0.15, 0.2) is 5.60 Å². The molecule has 0 radical (unpaired) electrons. The molecule has 3 unspecified atom stereocenters. The molecule has 0 saturated heterocycles. The van der Waals surface area contributed by atoms with Gasteiger partial charge in [-0.05, 0) is 36.0 Å². The molecule has 27 heavy (non-hydrogen) atoms. The number of nitrogens with zero attached hydrogens (tertiary/aromatic N) is 1. The zero-order chi connectivity index (χ0) is 20.5. The topological polar surface area (TPSA) is 42.4 Å². The molecule has 1 aromatic rings. The summed E-state index contributed by atoms with van der Waals surface area (Å²) >= 11 is 5.67. The predicted octanol–water partition coefficient (Wildman–Crippen LogP) is 5.27. The van der Waals surface area contributed by atoms with Gasteiger partial charge in [-0.1, -0.05) is 31.5 Å². The normalized spacial score (nSPS) is 23.7. The number of rotatable bonds is 6. The van der Waals surface area contributed by atoms with Crippen LogP contribution < -0.4 is 0 Å². The summed E-state index contributed by atoms with van der Waals surface area (Å²) < 4.78 is 60.6. The van der Waals surface area contributed by atoms with E-state index in [1.165, 1.54) is 31.5 Å². The van der Waals surface area contributed by atoms with E-state index in [1.54, 1.807) is 13.8 Å². The fourth-order valence-electron chi connectivity index (χ4n) is 3.82. The van der Waals surface area contributed by atoms with Gasteiger partial charge < -0.3 is 9.84 Å². The lowest BCUT2D eigenvalue weighted by Crippen LogP contribution is -2.52. The number of alkyl halides is 3. The molecule has 3 atom stereocenters. The van der Waals surface area contributed by atoms with Crippen molar-refractivity contribution >= 4 is 11.6 Å². The number of methoxy groups -OCH3 is 1. The summed E-state index contributed by atoms with van der Waals surface area (Å²) in [7, 11) is 1.46. The van der Waals surface area contributed by atoms with Crippen molar-refractivity contribution in [1.82, 2.24) is 4.98 Å². The summed E-state index contributed by atoms with van der Waals surface area (Å²) in [5.41, 5.74) is -3.85. The minimum Gasteiger partial charge on any atom is -0.381 e. The van der Waals surface area contributed by atoms with Crippen molar-refractivity contribution in [2.45, 2.75) is 57.4 Å². The molecule has 152 valence electrons. The fraction of sp³-hybridized carbons (Fsp3) is 0.632. The summed E-state index contributed by atoms with van der Waals surface area (Å²) in [6, 6.07) is 2.77. The molecule has 0 spiro atoms. The standard InChI is InChI=1S/C19H24ClF4NO2/c1-17(2,14-8-13(21)5-6-15(14)27-3)11-18(26,19(22,23)24)9-12-4-7-16(20)25-10-12/h4,7-8,10,14-15,26H,5-6,9,11H2,1-3H3. The van der Waals surface area contributed by atoms with Crippen molar-refractivity contribution in [2.75, 3.05) is 7.11 Å². The van der Waals surface area contributed by atoms with Crippen molar-refractivity contribution in [2.24, 2.45) is 11.3 Å². The first-order valence-corrected chi connectivity index (χ1v) is 9.04. The van der Waals surface area contributed by atoms with Crippen LogP contribution in [-0.4, -0.2) is 35.1 Å². The average molecular weight is 410 g/mol. The van der Waals surface area contributed by atoms with E-state index in [-0.39, 0.29) is 23.0 Å². The van der Waals surface area contributed by atoms with E-state index in [2.05, 4.69) is 4.98 Å². The lowest BCUT2D eigenvalue weighted by Gasteiger charge is -2.44. The Labute approximate surface area is 161 Å². The van der Waals surface area contributed by atoms with Crippen LogP contribution in [0.25, 0.3) is 0 Å². The Morgan fingerprint density at radius 3 is 2.48 bits per heavy atom. The van der Waals surface area contributed by atoms with Crippen molar-refractivity contribution in [1.29, 1.82) is 0 Å². The first-order valence-electron chi connectivity index (χ1n) is 8.66. The third-order valence-electron chi connectivity index (χ3n) is 5.19. The summed E-state index contributed by atoms with van der Waals surface area (Å²) in [6.07, 6.45) is -3.43. The molecule has 0 saturated carbocycles. The molecule has 1 heterocycles. The van der Waals surface area contributed by atoms with Crippen LogP contribution >= 0.6 is 11.6 Å². The third-order valence-corrected chi connectivity index (χ3v) is 5.42. The second-order valence-electron chi connectivity index (χ2n) is 7.81. The number of aliphatic hydroxyl groups is 1. The molecule has 1 N–H and O–H groups in total. The average Bonchev–Trinajstić information content (AvgIpc) is 2.55. The second-order valence-corrected chi connectivity index (χ2v) is 8.20. The van der Waals surface area contributed by atoms with Crippen LogP contribution in [0.2, 0.25) is 5.15 Å². The number of allylic oxidation sites excluding steroid dienone is 1. The number of pyridine rings is 1. The Morgan fingerprint density at radius 2 is 1.96 bits per heavy atom. The van der Waals surface area contributed by atoms with Crippen LogP contribution in [0.5, 0.6) is 0 Å². The summed E-state index contributed by atoms with van der Waals surface area (Å²) in [5, 5.41) is 10.8. The van der Waals surface area contributed by atoms with Gasteiger partial charge in [0.25, 0.3) is 0 Å². The summed E-state index contributed by atoms with van der Waals surface area (Å²) in [6.45, 7) is 3.19. The molecule has 0 amide bonds. The maximum Gasteiger partial charge on any atom is 0.417 e. The van der Waals surface area contributed by atoms with Gasteiger partial charge in [0.1, 0.15) is 5.15 Å². The Hall–Kier alpha value is -1.18. The quantitative estimate of drug-likeness (QED) is 0.514. The van der Waals surface area contributed by atoms with Gasteiger partial charge in [-0.2, -0.15) is 13.2 Å². The molecule has 2 rings (SSSR count). The van der Waals surface area contributed by atoms with Crippen molar-refractivity contribution in [3.8, 4) is 0 Å². The highest BCUT2D eigenvalue weighted by molar-refractivity contribution is 6.29. The van der Waals surface area contributed by atoms with E-state index in [9.17, 15) is 22.7 Å². The maximum absolute atomic E-state index is 13.8. The van der Waals surface area contributed by atoms with Gasteiger partial charge in [0, 0.05) is 32.1 Å². The number of aromatic nitrogens is 1. The monoisotopic (exact) mass is 409 g/mol. The minimum atomic E-state index is -4.87. The van der Waals surface area contributed by atoms with Crippen molar-refractivity contribution in [3.63, 3.8) is 0 Å². The Morgan fingerprint density at radius 1 is 1.30 bits per heavy atom. The maximum atomic E-state index is 13.8. The van der Waals surface area contributed by atoms with E-state index in [1.807, 2.05) is 0 Å². The molecule has 1 aromatic heterocycles. The zero-order valence-electron chi connectivity index (χ0n) is 15.5. The smallest absolute Gasteiger partial charge is 0.381 e. The van der Waals surface area contributed by atoms with Crippen LogP contribution in [0.15, 0.2) is 30.2 Å². The largest absolute Gasteiger partial charge is 0.417 e. The molecular formula is C19H24ClF4NO2. The Bertz CT molecular complexity index is 675. The second kappa shape index (κ2) is 8.05. The lowest BCUT2D eigenvalue weighted by molar-refractivity contribution is -0.271. The predicted molar refractivity (Wildman–Crippen MR) is 95.1 cm³/mol. The van der Waals surface area contributed by atoms with Gasteiger partial charge in [0.2, 0.25) is 0 Å². The molecule has 0 aliphatic heterocycles. The highest BCUT2D eigenvalue weighted by atomic mass is 35.5. The molecule has 1 aliphatic carbocycles.